The lowest BCUT2D eigenvalue weighted by Crippen LogP contribution is -2.43. The summed E-state index contributed by atoms with van der Waals surface area (Å²) in [7, 11) is 3.29. The number of fused-ring (bicyclic) bond motifs is 3. The van der Waals surface area contributed by atoms with Gasteiger partial charge in [0.25, 0.3) is 5.91 Å². The molecule has 3 aromatic rings. The van der Waals surface area contributed by atoms with Gasteiger partial charge in [0, 0.05) is 45.7 Å². The maximum absolute atomic E-state index is 13.6. The van der Waals surface area contributed by atoms with Crippen LogP contribution in [0.3, 0.4) is 0 Å². The molecular formula is C27H27Cl2N3O5. The molecule has 0 bridgehead atoms. The Labute approximate surface area is 224 Å². The molecular weight excluding hydrogens is 517 g/mol. The number of aliphatic carboxylic acids is 1. The Kier molecular flexibility index (Phi) is 6.15. The number of ether oxygens (including phenoxy) is 2. The first-order valence-corrected chi connectivity index (χ1v) is 12.6. The van der Waals surface area contributed by atoms with E-state index in [4.69, 9.17) is 37.8 Å². The smallest absolute Gasteiger partial charge is 0.307 e. The highest BCUT2D eigenvalue weighted by atomic mass is 35.5. The van der Waals surface area contributed by atoms with Crippen LogP contribution in [0.5, 0.6) is 11.5 Å². The van der Waals surface area contributed by atoms with E-state index >= 15 is 0 Å². The molecule has 1 amide bonds. The summed E-state index contributed by atoms with van der Waals surface area (Å²) >= 11 is 12.7. The fourth-order valence-corrected chi connectivity index (χ4v) is 5.17. The summed E-state index contributed by atoms with van der Waals surface area (Å²) in [6.07, 6.45) is 0.529. The van der Waals surface area contributed by atoms with Gasteiger partial charge in [-0.3, -0.25) is 9.59 Å². The van der Waals surface area contributed by atoms with E-state index in [0.717, 1.165) is 5.56 Å². The predicted octanol–water partition coefficient (Wildman–Crippen LogP) is 5.81. The Morgan fingerprint density at radius 3 is 2.41 bits per heavy atom. The number of methoxy groups -OCH3 is 1. The van der Waals surface area contributed by atoms with Crippen LogP contribution in [0.1, 0.15) is 54.7 Å². The normalized spacial score (nSPS) is 17.9. The van der Waals surface area contributed by atoms with Crippen molar-refractivity contribution >= 4 is 35.1 Å². The van der Waals surface area contributed by atoms with Gasteiger partial charge in [-0.25, -0.2) is 4.68 Å². The van der Waals surface area contributed by atoms with E-state index in [0.29, 0.717) is 50.5 Å². The highest BCUT2D eigenvalue weighted by Crippen LogP contribution is 2.54. The zero-order chi connectivity index (χ0) is 26.8. The molecule has 1 aliphatic heterocycles. The lowest BCUT2D eigenvalue weighted by molar-refractivity contribution is -0.138. The van der Waals surface area contributed by atoms with Crippen molar-refractivity contribution in [1.29, 1.82) is 0 Å². The zero-order valence-corrected chi connectivity index (χ0v) is 22.6. The van der Waals surface area contributed by atoms with Crippen molar-refractivity contribution in [3.8, 4) is 28.4 Å². The summed E-state index contributed by atoms with van der Waals surface area (Å²) in [5, 5.41) is 15.1. The van der Waals surface area contributed by atoms with Crippen LogP contribution in [0, 0.1) is 5.92 Å². The molecule has 1 fully saturated rings. The van der Waals surface area contributed by atoms with Gasteiger partial charge in [0.15, 0.2) is 5.69 Å². The molecule has 1 N–H and O–H groups in total. The number of carboxylic acids is 1. The average Bonchev–Trinajstić information content (AvgIpc) is 3.54. The maximum atomic E-state index is 13.6. The van der Waals surface area contributed by atoms with Gasteiger partial charge in [-0.1, -0.05) is 23.2 Å². The number of carbonyl (C=O) groups is 2. The lowest BCUT2D eigenvalue weighted by Gasteiger charge is -2.31. The van der Waals surface area contributed by atoms with E-state index < -0.39 is 17.4 Å². The summed E-state index contributed by atoms with van der Waals surface area (Å²) in [5.41, 5.74) is 3.19. The Balaban J connectivity index is 1.74. The van der Waals surface area contributed by atoms with Crippen LogP contribution in [0.4, 0.5) is 0 Å². The van der Waals surface area contributed by atoms with E-state index in [1.165, 1.54) is 0 Å². The quantitative estimate of drug-likeness (QED) is 0.436. The molecule has 37 heavy (non-hydrogen) atoms. The molecule has 2 aliphatic rings. The topological polar surface area (TPSA) is 93.9 Å². The standard InChI is InChI=1S/C27H27Cl2N3O5/c1-27(2,3)31(4)25(33)23-20-12-37-22-11-21(36-5)17(16-9-18(16)26(34)35)10-19(22)24(20)32(30-23)15-7-13(28)6-14(29)8-15/h6-8,10-11,16,18H,9,12H2,1-5H3,(H,34,35). The molecule has 10 heteroatoms. The number of amides is 1. The number of benzene rings is 2. The first kappa shape index (κ1) is 25.4. The van der Waals surface area contributed by atoms with Gasteiger partial charge >= 0.3 is 5.97 Å². The average molecular weight is 544 g/mol. The van der Waals surface area contributed by atoms with Crippen LogP contribution in [0.15, 0.2) is 30.3 Å². The summed E-state index contributed by atoms with van der Waals surface area (Å²) < 4.78 is 13.4. The number of carbonyl (C=O) groups excluding carboxylic acids is 1. The molecule has 0 spiro atoms. The fraction of sp³-hybridized carbons (Fsp3) is 0.370. The van der Waals surface area contributed by atoms with Gasteiger partial charge in [-0.15, -0.1) is 0 Å². The van der Waals surface area contributed by atoms with Crippen LogP contribution in [-0.4, -0.2) is 51.4 Å². The van der Waals surface area contributed by atoms with E-state index in [2.05, 4.69) is 0 Å². The highest BCUT2D eigenvalue weighted by molar-refractivity contribution is 6.34. The molecule has 8 nitrogen and oxygen atoms in total. The molecule has 1 saturated carbocycles. The van der Waals surface area contributed by atoms with Gasteiger partial charge in [0.2, 0.25) is 0 Å². The molecule has 5 rings (SSSR count). The minimum atomic E-state index is -0.835. The Bertz CT molecular complexity index is 1420. The van der Waals surface area contributed by atoms with E-state index in [1.54, 1.807) is 48.0 Å². The number of rotatable bonds is 5. The number of hydrogen-bond acceptors (Lipinski definition) is 5. The maximum Gasteiger partial charge on any atom is 0.307 e. The first-order valence-electron chi connectivity index (χ1n) is 11.8. The van der Waals surface area contributed by atoms with Crippen molar-refractivity contribution in [2.75, 3.05) is 14.2 Å². The second-order valence-electron chi connectivity index (χ2n) is 10.4. The van der Waals surface area contributed by atoms with Gasteiger partial charge in [-0.2, -0.15) is 5.10 Å². The molecule has 2 heterocycles. The van der Waals surface area contributed by atoms with Crippen molar-refractivity contribution in [3.05, 3.63) is 57.2 Å². The van der Waals surface area contributed by atoms with E-state index in [-0.39, 0.29) is 24.1 Å². The van der Waals surface area contributed by atoms with E-state index in [1.807, 2.05) is 26.8 Å². The third kappa shape index (κ3) is 4.42. The summed E-state index contributed by atoms with van der Waals surface area (Å²) in [6, 6.07) is 8.75. The number of carboxylic acid groups (broad SMARTS) is 1. The van der Waals surface area contributed by atoms with Gasteiger partial charge in [-0.05, 0) is 57.0 Å². The van der Waals surface area contributed by atoms with Crippen LogP contribution in [-0.2, 0) is 11.4 Å². The third-order valence-corrected chi connectivity index (χ3v) is 7.49. The first-order chi connectivity index (χ1) is 17.4. The van der Waals surface area contributed by atoms with Crippen LogP contribution in [0.25, 0.3) is 16.9 Å². The van der Waals surface area contributed by atoms with Crippen LogP contribution in [0.2, 0.25) is 10.0 Å². The van der Waals surface area contributed by atoms with Crippen LogP contribution < -0.4 is 9.47 Å². The van der Waals surface area contributed by atoms with E-state index in [9.17, 15) is 14.7 Å². The zero-order valence-electron chi connectivity index (χ0n) is 21.1. The third-order valence-electron chi connectivity index (χ3n) is 7.05. The fourth-order valence-electron chi connectivity index (χ4n) is 4.66. The molecule has 2 unspecified atom stereocenters. The molecule has 194 valence electrons. The number of nitrogens with zero attached hydrogens (tertiary/aromatic N) is 3. The van der Waals surface area contributed by atoms with Crippen molar-refractivity contribution in [2.45, 2.75) is 45.3 Å². The Morgan fingerprint density at radius 2 is 1.84 bits per heavy atom. The summed E-state index contributed by atoms with van der Waals surface area (Å²) in [4.78, 5) is 26.9. The number of aromatic nitrogens is 2. The largest absolute Gasteiger partial charge is 0.496 e. The van der Waals surface area contributed by atoms with Crippen molar-refractivity contribution in [1.82, 2.24) is 14.7 Å². The van der Waals surface area contributed by atoms with Gasteiger partial charge in [0.05, 0.1) is 24.4 Å². The molecule has 0 saturated heterocycles. The Morgan fingerprint density at radius 1 is 1.16 bits per heavy atom. The number of hydrogen-bond donors (Lipinski definition) is 1. The molecule has 2 aromatic carbocycles. The lowest BCUT2D eigenvalue weighted by atomic mass is 9.96. The van der Waals surface area contributed by atoms with Gasteiger partial charge < -0.3 is 19.5 Å². The minimum absolute atomic E-state index is 0.124. The SMILES string of the molecule is COc1cc2c(cc1C1CC1C(=O)O)-c1c(c(C(=O)N(C)C(C)(C)C)nn1-c1cc(Cl)cc(Cl)c1)CO2. The highest BCUT2D eigenvalue weighted by Gasteiger charge is 2.46. The minimum Gasteiger partial charge on any atom is -0.496 e. The van der Waals surface area contributed by atoms with Crippen molar-refractivity contribution < 1.29 is 24.2 Å². The van der Waals surface area contributed by atoms with Crippen molar-refractivity contribution in [3.63, 3.8) is 0 Å². The number of halogens is 2. The summed E-state index contributed by atoms with van der Waals surface area (Å²) in [5.74, 6) is -0.601. The molecule has 1 aromatic heterocycles. The summed E-state index contributed by atoms with van der Waals surface area (Å²) in [6.45, 7) is 5.97. The predicted molar refractivity (Wildman–Crippen MR) is 140 cm³/mol. The molecule has 0 radical (unpaired) electrons. The second-order valence-corrected chi connectivity index (χ2v) is 11.3. The monoisotopic (exact) mass is 543 g/mol. The van der Waals surface area contributed by atoms with Gasteiger partial charge in [0.1, 0.15) is 18.1 Å². The van der Waals surface area contributed by atoms with Crippen molar-refractivity contribution in [2.24, 2.45) is 5.92 Å². The molecule has 2 atom stereocenters. The van der Waals surface area contributed by atoms with Crippen LogP contribution >= 0.6 is 23.2 Å². The molecule has 1 aliphatic carbocycles. The Hall–Kier alpha value is -3.23. The second kappa shape index (κ2) is 8.96.